The van der Waals surface area contributed by atoms with Crippen LogP contribution in [0.1, 0.15) is 24.0 Å². The Morgan fingerprint density at radius 1 is 0.854 bits per heavy atom. The molecule has 0 bridgehead atoms. The van der Waals surface area contributed by atoms with Gasteiger partial charge < -0.3 is 43.2 Å². The number of hydrogen-bond acceptors (Lipinski definition) is 6. The van der Waals surface area contributed by atoms with Crippen molar-refractivity contribution in [3.63, 3.8) is 0 Å². The quantitative estimate of drug-likeness (QED) is 0.0680. The number of carboxylic acids is 1. The molecule has 0 aliphatic carbocycles. The Morgan fingerprint density at radius 2 is 1.49 bits per heavy atom. The molecule has 13 nitrogen and oxygen atoms in total. The Kier molecular flexibility index (Phi) is 11.2. The van der Waals surface area contributed by atoms with E-state index < -0.39 is 41.8 Å². The summed E-state index contributed by atoms with van der Waals surface area (Å²) in [5.41, 5.74) is 18.5. The van der Waals surface area contributed by atoms with Crippen molar-refractivity contribution in [2.24, 2.45) is 22.2 Å². The van der Waals surface area contributed by atoms with Gasteiger partial charge in [0.05, 0.1) is 6.54 Å². The molecule has 0 fully saturated rings. The molecule has 0 saturated heterocycles. The molecule has 0 saturated carbocycles. The number of aromatic amines is 1. The minimum absolute atomic E-state index is 0.0603. The number of fused-ring (bicyclic) bond motifs is 1. The lowest BCUT2D eigenvalue weighted by atomic mass is 10.0. The van der Waals surface area contributed by atoms with Crippen LogP contribution in [-0.2, 0) is 32.0 Å². The zero-order valence-corrected chi connectivity index (χ0v) is 22.5. The van der Waals surface area contributed by atoms with Crippen molar-refractivity contribution in [2.75, 3.05) is 13.1 Å². The fourth-order valence-electron chi connectivity index (χ4n) is 4.35. The number of nitrogens with one attached hydrogen (secondary N) is 4. The van der Waals surface area contributed by atoms with Gasteiger partial charge in [-0.2, -0.15) is 0 Å². The highest BCUT2D eigenvalue weighted by Gasteiger charge is 2.30. The second-order valence-electron chi connectivity index (χ2n) is 9.49. The number of benzene rings is 2. The molecule has 3 aromatic rings. The average Bonchev–Trinajstić information content (AvgIpc) is 3.36. The molecule has 13 heteroatoms. The normalized spacial score (nSPS) is 13.0. The first-order valence-corrected chi connectivity index (χ1v) is 13.1. The maximum absolute atomic E-state index is 13.5. The molecule has 3 amide bonds. The molecule has 2 aromatic carbocycles. The molecule has 3 unspecified atom stereocenters. The van der Waals surface area contributed by atoms with Crippen LogP contribution in [0.25, 0.3) is 10.9 Å². The molecule has 3 rings (SSSR count). The highest BCUT2D eigenvalue weighted by atomic mass is 16.4. The lowest BCUT2D eigenvalue weighted by Crippen LogP contribution is -2.57. The number of aliphatic carboxylic acids is 1. The number of H-pyrrole nitrogens is 1. The number of aliphatic imine (C=N–C) groups is 1. The summed E-state index contributed by atoms with van der Waals surface area (Å²) in [6.07, 6.45) is 2.32. The van der Waals surface area contributed by atoms with Crippen LogP contribution < -0.4 is 33.2 Å². The Labute approximate surface area is 236 Å². The Morgan fingerprint density at radius 3 is 2.15 bits per heavy atom. The van der Waals surface area contributed by atoms with E-state index in [9.17, 15) is 24.3 Å². The summed E-state index contributed by atoms with van der Waals surface area (Å²) in [4.78, 5) is 58.0. The van der Waals surface area contributed by atoms with Crippen molar-refractivity contribution in [3.05, 3.63) is 71.9 Å². The van der Waals surface area contributed by atoms with Crippen LogP contribution in [-0.4, -0.2) is 71.0 Å². The van der Waals surface area contributed by atoms with Crippen molar-refractivity contribution < 1.29 is 24.3 Å². The lowest BCUT2D eigenvalue weighted by Gasteiger charge is -2.24. The van der Waals surface area contributed by atoms with Gasteiger partial charge in [0, 0.05) is 36.5 Å². The standard InChI is InChI=1S/C28H36N8O5/c29-15-24(37)34-22(13-17-7-2-1-3-8-17)25(38)36-23(14-18-16-33-20-10-5-4-9-19(18)20)26(39)35-21(27(40)41)11-6-12-32-28(30)31/h1-5,7-10,16,21-23,33H,6,11-15,29H2,(H,34,37)(H,35,39)(H,36,38)(H,40,41)(H4,30,31,32). The maximum atomic E-state index is 13.5. The molecule has 1 aromatic heterocycles. The van der Waals surface area contributed by atoms with Gasteiger partial charge in [0.2, 0.25) is 17.7 Å². The molecule has 1 heterocycles. The second-order valence-corrected chi connectivity index (χ2v) is 9.49. The van der Waals surface area contributed by atoms with E-state index in [1.54, 1.807) is 6.20 Å². The highest BCUT2D eigenvalue weighted by Crippen LogP contribution is 2.19. The Bertz CT molecular complexity index is 1370. The molecular formula is C28H36N8O5. The molecule has 11 N–H and O–H groups in total. The lowest BCUT2D eigenvalue weighted by molar-refractivity contribution is -0.142. The zero-order valence-electron chi connectivity index (χ0n) is 22.5. The minimum atomic E-state index is -1.24. The second kappa shape index (κ2) is 15.0. The molecule has 0 aliphatic rings. The maximum Gasteiger partial charge on any atom is 0.326 e. The predicted molar refractivity (Wildman–Crippen MR) is 155 cm³/mol. The third kappa shape index (κ3) is 9.35. The van der Waals surface area contributed by atoms with Gasteiger partial charge in [-0.15, -0.1) is 0 Å². The number of carboxylic acid groups (broad SMARTS) is 1. The summed E-state index contributed by atoms with van der Waals surface area (Å²) in [5.74, 6) is -3.20. The first-order chi connectivity index (χ1) is 19.7. The first-order valence-electron chi connectivity index (χ1n) is 13.1. The zero-order chi connectivity index (χ0) is 29.8. The third-order valence-electron chi connectivity index (χ3n) is 6.41. The summed E-state index contributed by atoms with van der Waals surface area (Å²) in [6.45, 7) is -0.128. The van der Waals surface area contributed by atoms with E-state index >= 15 is 0 Å². The monoisotopic (exact) mass is 564 g/mol. The van der Waals surface area contributed by atoms with E-state index in [1.165, 1.54) is 0 Å². The van der Waals surface area contributed by atoms with Gasteiger partial charge in [-0.1, -0.05) is 48.5 Å². The van der Waals surface area contributed by atoms with Gasteiger partial charge >= 0.3 is 5.97 Å². The van der Waals surface area contributed by atoms with Crippen molar-refractivity contribution >= 4 is 40.6 Å². The molecular weight excluding hydrogens is 528 g/mol. The summed E-state index contributed by atoms with van der Waals surface area (Å²) in [5, 5.41) is 18.4. The SMILES string of the molecule is NCC(=O)NC(Cc1ccccc1)C(=O)NC(Cc1c[nH]c2ccccc12)C(=O)NC(CCCN=C(N)N)C(=O)O. The predicted octanol–water partition coefficient (Wildman–Crippen LogP) is -0.496. The van der Waals surface area contributed by atoms with Crippen LogP contribution in [0.15, 0.2) is 65.8 Å². The van der Waals surface area contributed by atoms with Crippen molar-refractivity contribution in [1.29, 1.82) is 0 Å². The Hall–Kier alpha value is -4.91. The van der Waals surface area contributed by atoms with Crippen molar-refractivity contribution in [1.82, 2.24) is 20.9 Å². The number of rotatable bonds is 15. The van der Waals surface area contributed by atoms with Gasteiger partial charge in [-0.05, 0) is 30.0 Å². The van der Waals surface area contributed by atoms with Crippen LogP contribution in [0.5, 0.6) is 0 Å². The van der Waals surface area contributed by atoms with E-state index in [0.717, 1.165) is 22.0 Å². The fraction of sp³-hybridized carbons (Fsp3) is 0.321. The minimum Gasteiger partial charge on any atom is -0.480 e. The average molecular weight is 565 g/mol. The van der Waals surface area contributed by atoms with Crippen LogP contribution in [0.2, 0.25) is 0 Å². The molecule has 41 heavy (non-hydrogen) atoms. The topological polar surface area (TPSA) is 231 Å². The number of para-hydroxylation sites is 1. The van der Waals surface area contributed by atoms with Crippen LogP contribution in [0.3, 0.4) is 0 Å². The Balaban J connectivity index is 1.84. The van der Waals surface area contributed by atoms with Crippen molar-refractivity contribution in [2.45, 2.75) is 43.8 Å². The largest absolute Gasteiger partial charge is 0.480 e. The van der Waals surface area contributed by atoms with Gasteiger partial charge in [0.1, 0.15) is 18.1 Å². The highest BCUT2D eigenvalue weighted by molar-refractivity contribution is 5.94. The fourth-order valence-corrected chi connectivity index (χ4v) is 4.35. The van der Waals surface area contributed by atoms with Crippen molar-refractivity contribution in [3.8, 4) is 0 Å². The smallest absolute Gasteiger partial charge is 0.326 e. The molecule has 3 atom stereocenters. The van der Waals surface area contributed by atoms with Crippen LogP contribution in [0, 0.1) is 0 Å². The van der Waals surface area contributed by atoms with E-state index in [0.29, 0.717) is 6.42 Å². The summed E-state index contributed by atoms with van der Waals surface area (Å²) in [7, 11) is 0. The summed E-state index contributed by atoms with van der Waals surface area (Å²) >= 11 is 0. The number of aromatic nitrogens is 1. The number of nitrogens with zero attached hydrogens (tertiary/aromatic N) is 1. The van der Waals surface area contributed by atoms with E-state index in [-0.39, 0.29) is 38.3 Å². The number of carbonyl (C=O) groups is 4. The number of hydrogen-bond donors (Lipinski definition) is 8. The summed E-state index contributed by atoms with van der Waals surface area (Å²) in [6, 6.07) is 13.1. The van der Waals surface area contributed by atoms with Crippen LogP contribution >= 0.6 is 0 Å². The van der Waals surface area contributed by atoms with E-state index in [1.807, 2.05) is 54.6 Å². The van der Waals surface area contributed by atoms with Crippen LogP contribution in [0.4, 0.5) is 0 Å². The van der Waals surface area contributed by atoms with Gasteiger partial charge in [0.15, 0.2) is 5.96 Å². The molecule has 0 spiro atoms. The van der Waals surface area contributed by atoms with Gasteiger partial charge in [-0.3, -0.25) is 19.4 Å². The van der Waals surface area contributed by atoms with E-state index in [2.05, 4.69) is 25.9 Å². The first kappa shape index (κ1) is 30.6. The molecule has 0 aliphatic heterocycles. The third-order valence-corrected chi connectivity index (χ3v) is 6.41. The molecule has 218 valence electrons. The van der Waals surface area contributed by atoms with Gasteiger partial charge in [-0.25, -0.2) is 4.79 Å². The van der Waals surface area contributed by atoms with E-state index in [4.69, 9.17) is 17.2 Å². The number of amides is 3. The summed E-state index contributed by atoms with van der Waals surface area (Å²) < 4.78 is 0. The molecule has 0 radical (unpaired) electrons. The number of nitrogens with two attached hydrogens (primary N) is 3. The number of guanidine groups is 1. The number of carbonyl (C=O) groups excluding carboxylic acids is 3. The van der Waals surface area contributed by atoms with Gasteiger partial charge in [0.25, 0.3) is 0 Å².